The summed E-state index contributed by atoms with van der Waals surface area (Å²) in [5.74, 6) is 0. The molecule has 21 aromatic carbocycles. The highest BCUT2D eigenvalue weighted by molar-refractivity contribution is 6.26. The molecule has 0 saturated carbocycles. The van der Waals surface area contributed by atoms with E-state index in [0.29, 0.717) is 0 Å². The summed E-state index contributed by atoms with van der Waals surface area (Å²) in [5.41, 5.74) is 41.1. The first kappa shape index (κ1) is 80.5. The Labute approximate surface area is 807 Å². The fourth-order valence-electron chi connectivity index (χ4n) is 22.1. The van der Waals surface area contributed by atoms with Crippen LogP contribution in [0.3, 0.4) is 0 Å². The first-order chi connectivity index (χ1) is 70.0. The Kier molecular flexibility index (Phi) is 18.8. The zero-order valence-electron chi connectivity index (χ0n) is 76.1. The van der Waals surface area contributed by atoms with Gasteiger partial charge in [-0.3, -0.25) is 0 Å². The third kappa shape index (κ3) is 13.1. The minimum atomic E-state index is 0.869. The third-order valence-corrected chi connectivity index (χ3v) is 28.3. The Morgan fingerprint density at radius 2 is 0.418 bits per heavy atom. The van der Waals surface area contributed by atoms with Crippen molar-refractivity contribution in [1.82, 2.24) is 13.7 Å². The van der Waals surface area contributed by atoms with Gasteiger partial charge in [-0.25, -0.2) is 0 Å². The Bertz CT molecular complexity index is 10200. The lowest BCUT2D eigenvalue weighted by Crippen LogP contribution is -1.94. The van der Waals surface area contributed by atoms with Crippen molar-refractivity contribution in [2.75, 3.05) is 0 Å². The molecule has 0 aliphatic heterocycles. The molecule has 0 aliphatic carbocycles. The lowest BCUT2D eigenvalue weighted by Gasteiger charge is -2.13. The van der Waals surface area contributed by atoms with Crippen molar-refractivity contribution in [1.29, 1.82) is 0 Å². The monoisotopic (exact) mass is 1800 g/mol. The molecule has 0 spiro atoms. The van der Waals surface area contributed by atoms with Crippen LogP contribution >= 0.6 is 0 Å². The molecule has 30 rings (SSSR count). The molecule has 0 amide bonds. The molecule has 0 aliphatic rings. The van der Waals surface area contributed by atoms with E-state index in [1.165, 1.54) is 16.7 Å². The van der Waals surface area contributed by atoms with Gasteiger partial charge in [0, 0.05) is 76.7 Å². The maximum absolute atomic E-state index is 6.71. The number of hydrogen-bond acceptors (Lipinski definition) is 6. The molecule has 0 saturated heterocycles. The van der Waals surface area contributed by atoms with Crippen LogP contribution in [-0.2, 0) is 0 Å². The maximum atomic E-state index is 6.71. The number of aromatic nitrogens is 3. The molecule has 0 fully saturated rings. The molecule has 9 heterocycles. The van der Waals surface area contributed by atoms with Crippen molar-refractivity contribution in [3.8, 4) is 117 Å². The molecule has 9 nitrogen and oxygen atoms in total. The maximum Gasteiger partial charge on any atom is 0.161 e. The van der Waals surface area contributed by atoms with Gasteiger partial charge >= 0.3 is 0 Å². The fourth-order valence-corrected chi connectivity index (χ4v) is 22.1. The van der Waals surface area contributed by atoms with Crippen LogP contribution < -0.4 is 0 Å². The number of benzene rings is 21. The van der Waals surface area contributed by atoms with Gasteiger partial charge in [0.25, 0.3) is 0 Å². The van der Waals surface area contributed by atoms with E-state index in [2.05, 4.69) is 493 Å². The van der Waals surface area contributed by atoms with Crippen LogP contribution in [0.1, 0.15) is 0 Å². The third-order valence-electron chi connectivity index (χ3n) is 28.3. The highest BCUT2D eigenvalue weighted by Crippen LogP contribution is 2.53. The van der Waals surface area contributed by atoms with E-state index in [1.54, 1.807) is 0 Å². The van der Waals surface area contributed by atoms with Crippen LogP contribution in [0, 0.1) is 0 Å². The first-order valence-corrected chi connectivity index (χ1v) is 47.8. The van der Waals surface area contributed by atoms with Gasteiger partial charge in [-0.15, -0.1) is 0 Å². The molecule has 9 aromatic heterocycles. The zero-order chi connectivity index (χ0) is 92.7. The molecule has 0 unspecified atom stereocenters. The molecular formula is C132H81N3O6. The molecule has 660 valence electrons. The topological polar surface area (TPSA) is 93.6 Å². The number of para-hydroxylation sites is 8. The predicted molar refractivity (Wildman–Crippen MR) is 582 cm³/mol. The molecule has 0 atom stereocenters. The second kappa shape index (κ2) is 33.0. The van der Waals surface area contributed by atoms with Crippen LogP contribution in [0.2, 0.25) is 0 Å². The minimum absolute atomic E-state index is 0.869. The smallest absolute Gasteiger partial charge is 0.161 e. The summed E-state index contributed by atoms with van der Waals surface area (Å²) in [4.78, 5) is 0. The first-order valence-electron chi connectivity index (χ1n) is 47.8. The van der Waals surface area contributed by atoms with Crippen molar-refractivity contribution in [3.63, 3.8) is 0 Å². The molecule has 0 bridgehead atoms. The van der Waals surface area contributed by atoms with E-state index >= 15 is 0 Å². The highest BCUT2D eigenvalue weighted by Gasteiger charge is 2.30. The zero-order valence-corrected chi connectivity index (χ0v) is 76.1. The summed E-state index contributed by atoms with van der Waals surface area (Å²) >= 11 is 0. The van der Waals surface area contributed by atoms with Crippen LogP contribution in [0.4, 0.5) is 0 Å². The van der Waals surface area contributed by atoms with Crippen LogP contribution in [-0.4, -0.2) is 13.7 Å². The highest BCUT2D eigenvalue weighted by atomic mass is 16.4. The summed E-state index contributed by atoms with van der Waals surface area (Å²) < 4.78 is 46.9. The van der Waals surface area contributed by atoms with Crippen molar-refractivity contribution in [3.05, 3.63) is 491 Å². The number of hydrogen-bond donors (Lipinski definition) is 0. The molecule has 141 heavy (non-hydrogen) atoms. The van der Waals surface area contributed by atoms with Gasteiger partial charge in [-0.1, -0.05) is 358 Å². The Morgan fingerprint density at radius 1 is 0.128 bits per heavy atom. The summed E-state index contributed by atoms with van der Waals surface area (Å²) in [6.45, 7) is 0. The van der Waals surface area contributed by atoms with Crippen molar-refractivity contribution in [2.45, 2.75) is 0 Å². The lowest BCUT2D eigenvalue weighted by atomic mass is 9.90. The quantitative estimate of drug-likeness (QED) is 0.121. The molecular weight excluding hydrogens is 1720 g/mol. The minimum Gasteiger partial charge on any atom is -0.456 e. The summed E-state index contributed by atoms with van der Waals surface area (Å²) in [6, 6.07) is 173. The standard InChI is InChI=1S/3C44H27NO2/c1-3-14-28(15-4-1)30-21-11-24-36-40-33(22-12-26-38(40)46-43(30)36)31-18-7-8-19-32(31)34-23-13-27-39-41(34)42-44(47-39)35-20-9-10-25-37(35)45(42)29-16-5-2-6-17-29;1-3-13-28(14-4-1)29-25-26-39-37(27-29)35-22-11-21-34(43(35)46-39)32-18-8-7-17-31(32)33-20-12-24-40-41(33)42-44(47-40)36-19-9-10-23-38(36)45(42)30-15-5-2-6-16-30;1-3-12-28(13-4-1)29-22-24-34-35-25-23-30(27-41(35)46-40(34)26-29)32-16-7-8-17-33(32)36-19-11-21-39-42(36)43-44(47-39)37-18-9-10-20-38(37)45(43)31-14-5-2-6-15-31/h3*1-27H. The van der Waals surface area contributed by atoms with Gasteiger partial charge in [-0.2, -0.15) is 0 Å². The van der Waals surface area contributed by atoms with Gasteiger partial charge in [0.2, 0.25) is 0 Å². The number of furan rings is 6. The van der Waals surface area contributed by atoms with E-state index < -0.39 is 0 Å². The van der Waals surface area contributed by atoms with Gasteiger partial charge in [0.05, 0.1) is 32.7 Å². The SMILES string of the molecule is c1ccc(-c2ccc3c(c2)oc2cc(-c4ccccc4-c4cccc5oc6c7ccccc7n(-c7ccccc7)c6c45)ccc23)cc1.c1ccc(-c2ccc3oc4c(-c5ccccc5-c5cccc6oc7c8ccccc8n(-c8ccccc8)c7c56)cccc4c3c2)cc1.c1ccc(-c2cccc3c2oc2cccc(-c4ccccc4-c4cccc5oc6c7ccccc7n(-c7ccccc7)c6c45)c23)cc1. The Balaban J connectivity index is 0.000000104. The average molecular weight is 1810 g/mol. The molecule has 0 N–H and O–H groups in total. The van der Waals surface area contributed by atoms with Gasteiger partial charge in [0.15, 0.2) is 16.7 Å². The summed E-state index contributed by atoms with van der Waals surface area (Å²) in [6.07, 6.45) is 0. The summed E-state index contributed by atoms with van der Waals surface area (Å²) in [5, 5.41) is 13.3. The van der Waals surface area contributed by atoms with Gasteiger partial charge < -0.3 is 40.2 Å². The van der Waals surface area contributed by atoms with Crippen LogP contribution in [0.5, 0.6) is 0 Å². The lowest BCUT2D eigenvalue weighted by molar-refractivity contribution is 0.669. The number of nitrogens with zero attached hydrogens (tertiary/aromatic N) is 3. The Hall–Kier alpha value is -19.0. The second-order valence-corrected chi connectivity index (χ2v) is 36.2. The van der Waals surface area contributed by atoms with E-state index in [0.717, 1.165) is 265 Å². The van der Waals surface area contributed by atoms with Crippen LogP contribution in [0.15, 0.2) is 518 Å². The van der Waals surface area contributed by atoms with Crippen molar-refractivity contribution >= 4 is 165 Å². The van der Waals surface area contributed by atoms with Gasteiger partial charge in [0.1, 0.15) is 66.8 Å². The fraction of sp³-hybridized carbons (Fsp3) is 0. The van der Waals surface area contributed by atoms with Crippen molar-refractivity contribution in [2.24, 2.45) is 0 Å². The normalized spacial score (nSPS) is 11.8. The van der Waals surface area contributed by atoms with E-state index in [1.807, 2.05) is 12.1 Å². The van der Waals surface area contributed by atoms with E-state index in [-0.39, 0.29) is 0 Å². The number of fused-ring (bicyclic) bond motifs is 24. The van der Waals surface area contributed by atoms with Crippen LogP contribution in [0.25, 0.3) is 282 Å². The van der Waals surface area contributed by atoms with Crippen molar-refractivity contribution < 1.29 is 26.5 Å². The van der Waals surface area contributed by atoms with E-state index in [4.69, 9.17) is 26.5 Å². The average Bonchev–Trinajstić information content (AvgIpc) is 1.56. The molecule has 9 heteroatoms. The Morgan fingerprint density at radius 3 is 0.872 bits per heavy atom. The molecule has 30 aromatic rings. The van der Waals surface area contributed by atoms with E-state index in [9.17, 15) is 0 Å². The predicted octanol–water partition coefficient (Wildman–Crippen LogP) is 37.3. The number of rotatable bonds is 12. The largest absolute Gasteiger partial charge is 0.456 e. The van der Waals surface area contributed by atoms with Gasteiger partial charge in [-0.05, 0) is 222 Å². The second-order valence-electron chi connectivity index (χ2n) is 36.2. The molecule has 0 radical (unpaired) electrons. The summed E-state index contributed by atoms with van der Waals surface area (Å²) in [7, 11) is 0.